The molecule has 196 valence electrons. The van der Waals surface area contributed by atoms with Crippen molar-refractivity contribution >= 4 is 28.2 Å². The van der Waals surface area contributed by atoms with Gasteiger partial charge in [-0.25, -0.2) is 14.8 Å². The maximum Gasteiger partial charge on any atom is 0.413 e. The number of rotatable bonds is 5. The van der Waals surface area contributed by atoms with E-state index in [4.69, 9.17) is 14.8 Å². The smallest absolute Gasteiger partial charge is 0.413 e. The van der Waals surface area contributed by atoms with Crippen molar-refractivity contribution in [2.75, 3.05) is 20.1 Å². The highest BCUT2D eigenvalue weighted by Gasteiger charge is 2.25. The van der Waals surface area contributed by atoms with Gasteiger partial charge in [-0.1, -0.05) is 0 Å². The summed E-state index contributed by atoms with van der Waals surface area (Å²) in [5.41, 5.74) is 2.00. The van der Waals surface area contributed by atoms with Gasteiger partial charge in [-0.2, -0.15) is 13.9 Å². The number of H-pyrrole nitrogens is 1. The first-order valence-electron chi connectivity index (χ1n) is 12.1. The van der Waals surface area contributed by atoms with E-state index >= 15 is 0 Å². The van der Waals surface area contributed by atoms with E-state index in [1.54, 1.807) is 18.3 Å². The van der Waals surface area contributed by atoms with E-state index < -0.39 is 18.2 Å². The second-order valence-corrected chi connectivity index (χ2v) is 10.3. The van der Waals surface area contributed by atoms with Gasteiger partial charge in [0.15, 0.2) is 16.9 Å². The molecule has 1 fully saturated rings. The number of ether oxygens (including phenoxy) is 2. The Morgan fingerprint density at radius 2 is 2.00 bits per heavy atom. The first-order valence-corrected chi connectivity index (χ1v) is 12.1. The fourth-order valence-corrected chi connectivity index (χ4v) is 4.50. The first kappa shape index (κ1) is 24.9. The molecule has 0 atom stereocenters. The molecule has 1 saturated heterocycles. The van der Waals surface area contributed by atoms with E-state index in [1.807, 2.05) is 25.5 Å². The van der Waals surface area contributed by atoms with Crippen LogP contribution in [0.4, 0.5) is 13.6 Å². The lowest BCUT2D eigenvalue weighted by Crippen LogP contribution is -2.42. The Hall–Kier alpha value is -3.80. The summed E-state index contributed by atoms with van der Waals surface area (Å²) < 4.78 is 38.0. The van der Waals surface area contributed by atoms with Gasteiger partial charge >= 0.3 is 12.7 Å². The number of nitrogens with zero attached hydrogens (tertiary/aromatic N) is 5. The molecule has 37 heavy (non-hydrogen) atoms. The molecule has 4 heterocycles. The lowest BCUT2D eigenvalue weighted by atomic mass is 10.1. The molecule has 0 bridgehead atoms. The number of hydrogen-bond donors (Lipinski definition) is 2. The third-order valence-electron chi connectivity index (χ3n) is 6.21. The summed E-state index contributed by atoms with van der Waals surface area (Å²) in [7, 11) is 2.08. The Morgan fingerprint density at radius 3 is 2.70 bits per heavy atom. The minimum Gasteiger partial charge on any atom is -0.435 e. The van der Waals surface area contributed by atoms with Gasteiger partial charge in [-0.3, -0.25) is 4.68 Å². The van der Waals surface area contributed by atoms with Crippen molar-refractivity contribution in [1.82, 2.24) is 34.9 Å². The summed E-state index contributed by atoms with van der Waals surface area (Å²) >= 11 is 0. The molecule has 1 amide bonds. The zero-order chi connectivity index (χ0) is 26.3. The molecule has 1 aromatic carbocycles. The fraction of sp³-hybridized carbons (Fsp3) is 0.440. The molecule has 5 rings (SSSR count). The molecule has 3 aromatic heterocycles. The number of carbonyl (C=O) groups excluding carboxylic acids is 1. The number of halogens is 2. The van der Waals surface area contributed by atoms with Gasteiger partial charge in [-0.15, -0.1) is 0 Å². The monoisotopic (exact) mass is 513 g/mol. The number of nitrogens with one attached hydrogen (secondary N) is 2. The molecule has 0 saturated carbocycles. The fourth-order valence-electron chi connectivity index (χ4n) is 4.50. The highest BCUT2D eigenvalue weighted by molar-refractivity contribution is 5.94. The highest BCUT2D eigenvalue weighted by Crippen LogP contribution is 2.35. The van der Waals surface area contributed by atoms with Gasteiger partial charge in [0.25, 0.3) is 0 Å². The summed E-state index contributed by atoms with van der Waals surface area (Å²) in [4.78, 5) is 26.7. The standard InChI is InChI=1S/C25H29F2N7O3/c1-25(2,3)31-24(35)37-19-13-29-22-21(19)30-17(12-28-22)20-16-11-15(36-23(26)27)5-6-18(16)34(32-20)14-7-9-33(4)10-8-14/h5-6,11-14,23H,7-10H2,1-4H3,(H,28,29)(H,31,35). The van der Waals surface area contributed by atoms with Crippen LogP contribution < -0.4 is 14.8 Å². The zero-order valence-corrected chi connectivity index (χ0v) is 21.1. The van der Waals surface area contributed by atoms with Crippen LogP contribution in [0.1, 0.15) is 39.7 Å². The van der Waals surface area contributed by atoms with E-state index in [2.05, 4.69) is 32.0 Å². The number of aromatic nitrogens is 5. The predicted molar refractivity (Wildman–Crippen MR) is 134 cm³/mol. The number of carbonyl (C=O) groups is 1. The summed E-state index contributed by atoms with van der Waals surface area (Å²) in [6.45, 7) is 4.46. The molecule has 12 heteroatoms. The van der Waals surface area contributed by atoms with Crippen LogP contribution in [0.5, 0.6) is 11.5 Å². The highest BCUT2D eigenvalue weighted by atomic mass is 19.3. The van der Waals surface area contributed by atoms with Crippen molar-refractivity contribution < 1.29 is 23.0 Å². The lowest BCUT2D eigenvalue weighted by molar-refractivity contribution is -0.0497. The average Bonchev–Trinajstić information content (AvgIpc) is 3.39. The molecule has 1 aliphatic rings. The Bertz CT molecular complexity index is 1440. The van der Waals surface area contributed by atoms with Crippen molar-refractivity contribution in [3.8, 4) is 22.9 Å². The Kier molecular flexibility index (Phi) is 6.44. The number of benzene rings is 1. The number of alkyl halides is 2. The second-order valence-electron chi connectivity index (χ2n) is 10.3. The Balaban J connectivity index is 1.57. The van der Waals surface area contributed by atoms with Crippen LogP contribution in [0.3, 0.4) is 0 Å². The number of amides is 1. The quantitative estimate of drug-likeness (QED) is 0.397. The summed E-state index contributed by atoms with van der Waals surface area (Å²) in [5, 5.41) is 8.24. The minimum atomic E-state index is -2.94. The first-order chi connectivity index (χ1) is 17.6. The van der Waals surface area contributed by atoms with Crippen molar-refractivity contribution in [3.63, 3.8) is 0 Å². The second kappa shape index (κ2) is 9.58. The molecular formula is C25H29F2N7O3. The van der Waals surface area contributed by atoms with E-state index in [-0.39, 0.29) is 17.5 Å². The van der Waals surface area contributed by atoms with Crippen LogP contribution >= 0.6 is 0 Å². The topological polar surface area (TPSA) is 110 Å². The van der Waals surface area contributed by atoms with Gasteiger partial charge in [0.05, 0.1) is 17.8 Å². The van der Waals surface area contributed by atoms with Crippen LogP contribution in [0.2, 0.25) is 0 Å². The van der Waals surface area contributed by atoms with E-state index in [0.29, 0.717) is 27.9 Å². The zero-order valence-electron chi connectivity index (χ0n) is 21.1. The third kappa shape index (κ3) is 5.33. The lowest BCUT2D eigenvalue weighted by Gasteiger charge is -2.29. The predicted octanol–water partition coefficient (Wildman–Crippen LogP) is 4.73. The van der Waals surface area contributed by atoms with Gasteiger partial charge in [-0.05, 0) is 71.9 Å². The molecule has 0 radical (unpaired) electrons. The third-order valence-corrected chi connectivity index (χ3v) is 6.21. The number of likely N-dealkylation sites (tertiary alicyclic amines) is 1. The Labute approximate surface area is 212 Å². The SMILES string of the molecule is CN1CCC(n2nc(-c3cnc4[nH]cc(OC(=O)NC(C)(C)C)c4n3)c3cc(OC(F)F)ccc32)CC1. The van der Waals surface area contributed by atoms with Gasteiger partial charge in [0.2, 0.25) is 0 Å². The van der Waals surface area contributed by atoms with Crippen LogP contribution in [0.25, 0.3) is 33.5 Å². The number of piperidine rings is 1. The van der Waals surface area contributed by atoms with Crippen LogP contribution in [0.15, 0.2) is 30.6 Å². The normalized spacial score (nSPS) is 15.5. The number of aromatic amines is 1. The summed E-state index contributed by atoms with van der Waals surface area (Å²) in [6.07, 6.45) is 4.27. The summed E-state index contributed by atoms with van der Waals surface area (Å²) in [6, 6.07) is 4.96. The Morgan fingerprint density at radius 1 is 1.24 bits per heavy atom. The van der Waals surface area contributed by atoms with Crippen LogP contribution in [0, 0.1) is 0 Å². The maximum absolute atomic E-state index is 12.9. The van der Waals surface area contributed by atoms with E-state index in [9.17, 15) is 13.6 Å². The largest absolute Gasteiger partial charge is 0.435 e. The van der Waals surface area contributed by atoms with Gasteiger partial charge in [0.1, 0.15) is 17.1 Å². The maximum atomic E-state index is 12.9. The molecular weight excluding hydrogens is 484 g/mol. The van der Waals surface area contributed by atoms with Gasteiger partial charge in [0, 0.05) is 17.1 Å². The van der Waals surface area contributed by atoms with Crippen molar-refractivity contribution in [2.45, 2.75) is 51.8 Å². The molecule has 0 aliphatic carbocycles. The molecule has 4 aromatic rings. The van der Waals surface area contributed by atoms with Crippen LogP contribution in [-0.4, -0.2) is 68.0 Å². The molecule has 2 N–H and O–H groups in total. The van der Waals surface area contributed by atoms with E-state index in [0.717, 1.165) is 31.4 Å². The van der Waals surface area contributed by atoms with Crippen molar-refractivity contribution in [3.05, 3.63) is 30.6 Å². The average molecular weight is 514 g/mol. The molecule has 1 aliphatic heterocycles. The number of hydrogen-bond acceptors (Lipinski definition) is 7. The number of fused-ring (bicyclic) bond motifs is 2. The molecule has 10 nitrogen and oxygen atoms in total. The van der Waals surface area contributed by atoms with E-state index in [1.165, 1.54) is 12.3 Å². The molecule has 0 unspecified atom stereocenters. The van der Waals surface area contributed by atoms with Crippen molar-refractivity contribution in [1.29, 1.82) is 0 Å². The minimum absolute atomic E-state index is 0.0326. The summed E-state index contributed by atoms with van der Waals surface area (Å²) in [5.74, 6) is 0.247. The van der Waals surface area contributed by atoms with Crippen molar-refractivity contribution in [2.24, 2.45) is 0 Å². The molecule has 0 spiro atoms. The van der Waals surface area contributed by atoms with Crippen LogP contribution in [-0.2, 0) is 0 Å². The van der Waals surface area contributed by atoms with Gasteiger partial charge < -0.3 is 24.7 Å².